The number of hydrogen-bond acceptors (Lipinski definition) is 2. The van der Waals surface area contributed by atoms with Gasteiger partial charge in [0.05, 0.1) is 0 Å². The van der Waals surface area contributed by atoms with E-state index >= 15 is 0 Å². The van der Waals surface area contributed by atoms with E-state index in [2.05, 4.69) is 0 Å². The summed E-state index contributed by atoms with van der Waals surface area (Å²) < 4.78 is 0. The first-order chi connectivity index (χ1) is 9.18. The molecular weight excluding hydrogens is 236 g/mol. The standard InChI is InChI=1S/C17H14O2/c1-13(17(19)15-10-6-3-7-11-15)12-16(18)14-8-4-2-5-9-14/h2-12H,1H3. The minimum atomic E-state index is -0.151. The highest BCUT2D eigenvalue weighted by Crippen LogP contribution is 2.10. The molecule has 0 saturated carbocycles. The van der Waals surface area contributed by atoms with Crippen molar-refractivity contribution in [2.45, 2.75) is 6.92 Å². The Bertz CT molecular complexity index is 610. The van der Waals surface area contributed by atoms with Gasteiger partial charge in [-0.2, -0.15) is 0 Å². The Kier molecular flexibility index (Phi) is 4.04. The first kappa shape index (κ1) is 13.0. The molecule has 2 aromatic carbocycles. The van der Waals surface area contributed by atoms with Crippen LogP contribution >= 0.6 is 0 Å². The van der Waals surface area contributed by atoms with Gasteiger partial charge in [-0.15, -0.1) is 0 Å². The third-order valence-electron chi connectivity index (χ3n) is 2.80. The fraction of sp³-hybridized carbons (Fsp3) is 0.0588. The maximum atomic E-state index is 12.1. The van der Waals surface area contributed by atoms with Crippen molar-refractivity contribution < 1.29 is 9.59 Å². The van der Waals surface area contributed by atoms with E-state index in [9.17, 15) is 9.59 Å². The van der Waals surface area contributed by atoms with Crippen LogP contribution in [0.5, 0.6) is 0 Å². The van der Waals surface area contributed by atoms with Crippen LogP contribution < -0.4 is 0 Å². The molecule has 0 heterocycles. The average Bonchev–Trinajstić information content (AvgIpc) is 2.48. The van der Waals surface area contributed by atoms with Crippen molar-refractivity contribution in [3.05, 3.63) is 83.4 Å². The Balaban J connectivity index is 2.20. The largest absolute Gasteiger partial charge is 0.289 e. The molecule has 2 nitrogen and oxygen atoms in total. The van der Waals surface area contributed by atoms with E-state index in [-0.39, 0.29) is 11.6 Å². The van der Waals surface area contributed by atoms with Crippen molar-refractivity contribution in [1.82, 2.24) is 0 Å². The zero-order chi connectivity index (χ0) is 13.7. The topological polar surface area (TPSA) is 34.1 Å². The van der Waals surface area contributed by atoms with Gasteiger partial charge >= 0.3 is 0 Å². The Morgan fingerprint density at radius 3 is 1.79 bits per heavy atom. The number of carbonyl (C=O) groups excluding carboxylic acids is 2. The fourth-order valence-corrected chi connectivity index (χ4v) is 1.77. The Morgan fingerprint density at radius 2 is 1.26 bits per heavy atom. The van der Waals surface area contributed by atoms with Gasteiger partial charge in [0.2, 0.25) is 0 Å². The van der Waals surface area contributed by atoms with Gasteiger partial charge in [0, 0.05) is 16.7 Å². The average molecular weight is 250 g/mol. The summed E-state index contributed by atoms with van der Waals surface area (Å²) in [5.74, 6) is -0.271. The van der Waals surface area contributed by atoms with Crippen LogP contribution in [0.2, 0.25) is 0 Å². The van der Waals surface area contributed by atoms with Crippen molar-refractivity contribution in [1.29, 1.82) is 0 Å². The molecule has 0 atom stereocenters. The van der Waals surface area contributed by atoms with E-state index in [0.29, 0.717) is 16.7 Å². The third kappa shape index (κ3) is 3.26. The molecule has 0 aliphatic heterocycles. The molecule has 0 aliphatic carbocycles. The second-order valence-corrected chi connectivity index (χ2v) is 4.25. The second kappa shape index (κ2) is 5.91. The third-order valence-corrected chi connectivity index (χ3v) is 2.80. The van der Waals surface area contributed by atoms with E-state index in [1.165, 1.54) is 6.08 Å². The highest BCUT2D eigenvalue weighted by molar-refractivity contribution is 6.14. The van der Waals surface area contributed by atoms with Crippen LogP contribution in [-0.2, 0) is 0 Å². The maximum Gasteiger partial charge on any atom is 0.188 e. The predicted molar refractivity (Wildman–Crippen MR) is 75.3 cm³/mol. The molecule has 0 bridgehead atoms. The van der Waals surface area contributed by atoms with Crippen LogP contribution in [-0.4, -0.2) is 11.6 Å². The molecule has 0 N–H and O–H groups in total. The maximum absolute atomic E-state index is 12.1. The molecule has 0 aliphatic rings. The van der Waals surface area contributed by atoms with Crippen LogP contribution in [0.3, 0.4) is 0 Å². The summed E-state index contributed by atoms with van der Waals surface area (Å²) >= 11 is 0. The van der Waals surface area contributed by atoms with Gasteiger partial charge in [0.1, 0.15) is 0 Å². The predicted octanol–water partition coefficient (Wildman–Crippen LogP) is 3.70. The van der Waals surface area contributed by atoms with Crippen molar-refractivity contribution in [3.8, 4) is 0 Å². The summed E-state index contributed by atoms with van der Waals surface area (Å²) in [5, 5.41) is 0. The minimum absolute atomic E-state index is 0.120. The fourth-order valence-electron chi connectivity index (χ4n) is 1.77. The van der Waals surface area contributed by atoms with E-state index in [1.54, 1.807) is 55.5 Å². The summed E-state index contributed by atoms with van der Waals surface area (Å²) in [4.78, 5) is 24.1. The lowest BCUT2D eigenvalue weighted by atomic mass is 10.0. The summed E-state index contributed by atoms with van der Waals surface area (Å²) in [7, 11) is 0. The second-order valence-electron chi connectivity index (χ2n) is 4.25. The molecular formula is C17H14O2. The Hall–Kier alpha value is -2.48. The molecule has 2 rings (SSSR count). The summed E-state index contributed by atoms with van der Waals surface area (Å²) in [6.07, 6.45) is 1.39. The number of rotatable bonds is 4. The highest BCUT2D eigenvalue weighted by Gasteiger charge is 2.10. The molecule has 0 radical (unpaired) electrons. The van der Waals surface area contributed by atoms with Crippen LogP contribution in [0.1, 0.15) is 27.6 Å². The van der Waals surface area contributed by atoms with E-state index in [4.69, 9.17) is 0 Å². The van der Waals surface area contributed by atoms with Gasteiger partial charge in [0.25, 0.3) is 0 Å². The zero-order valence-electron chi connectivity index (χ0n) is 10.7. The number of benzene rings is 2. The molecule has 19 heavy (non-hydrogen) atoms. The SMILES string of the molecule is CC(=CC(=O)c1ccccc1)C(=O)c1ccccc1. The molecule has 2 heteroatoms. The van der Waals surface area contributed by atoms with Crippen molar-refractivity contribution >= 4 is 11.6 Å². The number of carbonyl (C=O) groups is 2. The molecule has 0 spiro atoms. The van der Waals surface area contributed by atoms with Crippen molar-refractivity contribution in [3.63, 3.8) is 0 Å². The molecule has 0 fully saturated rings. The molecule has 0 amide bonds. The van der Waals surface area contributed by atoms with Crippen LogP contribution in [0.15, 0.2) is 72.3 Å². The summed E-state index contributed by atoms with van der Waals surface area (Å²) in [5.41, 5.74) is 1.62. The first-order valence-electron chi connectivity index (χ1n) is 6.06. The highest BCUT2D eigenvalue weighted by atomic mass is 16.1. The van der Waals surface area contributed by atoms with Gasteiger partial charge in [-0.3, -0.25) is 9.59 Å². The molecule has 0 unspecified atom stereocenters. The van der Waals surface area contributed by atoms with Gasteiger partial charge in [0.15, 0.2) is 11.6 Å². The molecule has 2 aromatic rings. The van der Waals surface area contributed by atoms with E-state index in [1.807, 2.05) is 12.1 Å². The van der Waals surface area contributed by atoms with Crippen molar-refractivity contribution in [2.24, 2.45) is 0 Å². The lowest BCUT2D eigenvalue weighted by molar-refractivity contribution is 0.101. The first-order valence-corrected chi connectivity index (χ1v) is 6.06. The van der Waals surface area contributed by atoms with E-state index < -0.39 is 0 Å². The summed E-state index contributed by atoms with van der Waals surface area (Å²) in [6.45, 7) is 1.66. The Labute approximate surface area is 112 Å². The zero-order valence-corrected chi connectivity index (χ0v) is 10.7. The van der Waals surface area contributed by atoms with Gasteiger partial charge < -0.3 is 0 Å². The quantitative estimate of drug-likeness (QED) is 0.612. The van der Waals surface area contributed by atoms with Crippen molar-refractivity contribution in [2.75, 3.05) is 0 Å². The van der Waals surface area contributed by atoms with Gasteiger partial charge in [-0.05, 0) is 13.0 Å². The number of Topliss-reactive ketones (excluding diaryl/α,β-unsaturated/α-hetero) is 1. The van der Waals surface area contributed by atoms with Gasteiger partial charge in [-0.25, -0.2) is 0 Å². The minimum Gasteiger partial charge on any atom is -0.289 e. The molecule has 94 valence electrons. The van der Waals surface area contributed by atoms with Crippen LogP contribution in [0, 0.1) is 0 Å². The normalized spacial score (nSPS) is 11.1. The lowest BCUT2D eigenvalue weighted by Crippen LogP contribution is -2.03. The summed E-state index contributed by atoms with van der Waals surface area (Å²) in [6, 6.07) is 17.9. The van der Waals surface area contributed by atoms with E-state index in [0.717, 1.165) is 0 Å². The van der Waals surface area contributed by atoms with Crippen LogP contribution in [0.25, 0.3) is 0 Å². The monoisotopic (exact) mass is 250 g/mol. The smallest absolute Gasteiger partial charge is 0.188 e. The number of ketones is 2. The molecule has 0 aromatic heterocycles. The number of hydrogen-bond donors (Lipinski definition) is 0. The Morgan fingerprint density at radius 1 is 0.789 bits per heavy atom. The molecule has 0 saturated heterocycles. The van der Waals surface area contributed by atoms with Crippen LogP contribution in [0.4, 0.5) is 0 Å². The lowest BCUT2D eigenvalue weighted by Gasteiger charge is -2.01. The number of allylic oxidation sites excluding steroid dienone is 2. The van der Waals surface area contributed by atoms with Gasteiger partial charge in [-0.1, -0.05) is 60.7 Å².